The number of aliphatic hydroxyl groups excluding tert-OH is 1. The molecule has 6 amide bonds. The van der Waals surface area contributed by atoms with Crippen molar-refractivity contribution in [3.63, 3.8) is 0 Å². The maximum atomic E-state index is 14.0. The van der Waals surface area contributed by atoms with E-state index in [9.17, 15) is 33.9 Å². The molecule has 1 saturated heterocycles. The fourth-order valence-corrected chi connectivity index (χ4v) is 9.92. The number of hydrogen-bond acceptors (Lipinski definition) is 11. The van der Waals surface area contributed by atoms with E-state index in [1.165, 1.54) is 4.90 Å². The van der Waals surface area contributed by atoms with Crippen molar-refractivity contribution in [3.05, 3.63) is 70.4 Å². The fourth-order valence-electron chi connectivity index (χ4n) is 9.11. The number of amides is 6. The van der Waals surface area contributed by atoms with Crippen LogP contribution in [0, 0.1) is 12.3 Å². The number of aliphatic hydroxyl groups is 1. The lowest BCUT2D eigenvalue weighted by Gasteiger charge is -2.35. The molecule has 67 heavy (non-hydrogen) atoms. The number of anilines is 1. The van der Waals surface area contributed by atoms with E-state index in [0.717, 1.165) is 70.6 Å². The highest BCUT2D eigenvalue weighted by atomic mass is 35.5. The Morgan fingerprint density at radius 2 is 1.64 bits per heavy atom. The van der Waals surface area contributed by atoms with Gasteiger partial charge in [-0.15, -0.1) is 23.7 Å². The number of nitrogens with zero attached hydrogens (tertiary/aromatic N) is 3. The normalized spacial score (nSPS) is 19.8. The number of nitrogens with two attached hydrogens (primary N) is 2. The van der Waals surface area contributed by atoms with E-state index in [1.807, 2.05) is 75.7 Å². The van der Waals surface area contributed by atoms with Crippen LogP contribution in [0.2, 0.25) is 0 Å². The van der Waals surface area contributed by atoms with Crippen LogP contribution < -0.4 is 32.3 Å². The topological polar surface area (TPSA) is 239 Å². The second-order valence-corrected chi connectivity index (χ2v) is 20.0. The van der Waals surface area contributed by atoms with Crippen LogP contribution in [0.1, 0.15) is 114 Å². The first-order valence-corrected chi connectivity index (χ1v) is 24.3. The monoisotopic (exact) mass is 964 g/mol. The third kappa shape index (κ3) is 14.1. The van der Waals surface area contributed by atoms with Gasteiger partial charge in [-0.1, -0.05) is 88.9 Å². The second-order valence-electron chi connectivity index (χ2n) is 19.1. The summed E-state index contributed by atoms with van der Waals surface area (Å²) in [5.41, 5.74) is 18.5. The zero-order valence-corrected chi connectivity index (χ0v) is 40.9. The minimum absolute atomic E-state index is 0. The fraction of sp³-hybridized carbons (Fsp3) is 0.571. The summed E-state index contributed by atoms with van der Waals surface area (Å²) in [4.78, 5) is 87.7. The number of carbonyl (C=O) groups excluding carboxylic acids is 6. The summed E-state index contributed by atoms with van der Waals surface area (Å²) in [6, 6.07) is 10.1. The van der Waals surface area contributed by atoms with Crippen molar-refractivity contribution in [1.29, 1.82) is 0 Å². The van der Waals surface area contributed by atoms with Gasteiger partial charge in [0.25, 0.3) is 0 Å². The number of β-amino-alcohol motifs (C(OH)–C–C–N with tert-alkyl or cyclic N) is 1. The Morgan fingerprint density at radius 1 is 0.940 bits per heavy atom. The highest BCUT2D eigenvalue weighted by Crippen LogP contribution is 2.39. The van der Waals surface area contributed by atoms with Crippen LogP contribution in [0.5, 0.6) is 0 Å². The summed E-state index contributed by atoms with van der Waals surface area (Å²) in [7, 11) is 0. The van der Waals surface area contributed by atoms with Gasteiger partial charge in [0.2, 0.25) is 35.4 Å². The molecule has 16 nitrogen and oxygen atoms in total. The van der Waals surface area contributed by atoms with Crippen LogP contribution in [0.15, 0.2) is 48.0 Å². The van der Waals surface area contributed by atoms with Crippen LogP contribution in [0.25, 0.3) is 10.4 Å². The summed E-state index contributed by atoms with van der Waals surface area (Å²) in [5.74, 6) is -2.04. The molecule has 3 aliphatic heterocycles. The zero-order valence-electron chi connectivity index (χ0n) is 39.2. The Labute approximate surface area is 404 Å². The van der Waals surface area contributed by atoms with Crippen molar-refractivity contribution in [2.24, 2.45) is 16.9 Å². The Morgan fingerprint density at radius 3 is 2.33 bits per heavy atom. The Balaban J connectivity index is 0.00000840. The SMILES string of the molecule is Cc1ncsc1-c1ccc(CNC(=O)[C@@H]2C[C@@H](O)CN2C(=O)[C@@H](NC(=O)CCCCCCCCOC[C@H](CCC(N)=O)NC(=O)[C@@H]2Cc3cccc4c3N2C(=O)[C@@H](N)CC4)C(C)(C)C)cc1.Cl. The Bertz CT molecular complexity index is 2200. The Kier molecular flexibility index (Phi) is 19.3. The summed E-state index contributed by atoms with van der Waals surface area (Å²) in [6.45, 7) is 8.51. The smallest absolute Gasteiger partial charge is 0.246 e. The summed E-state index contributed by atoms with van der Waals surface area (Å²) < 4.78 is 5.96. The van der Waals surface area contributed by atoms with E-state index < -0.39 is 53.5 Å². The van der Waals surface area contributed by atoms with E-state index in [-0.39, 0.29) is 75.0 Å². The number of carbonyl (C=O) groups is 6. The number of hydrogen-bond donors (Lipinski definition) is 6. The molecule has 6 rings (SSSR count). The van der Waals surface area contributed by atoms with E-state index in [0.29, 0.717) is 38.7 Å². The van der Waals surface area contributed by atoms with Crippen molar-refractivity contribution >= 4 is 64.9 Å². The van der Waals surface area contributed by atoms with E-state index >= 15 is 0 Å². The lowest BCUT2D eigenvalue weighted by molar-refractivity contribution is -0.144. The molecule has 4 heterocycles. The molecule has 3 aliphatic rings. The van der Waals surface area contributed by atoms with Gasteiger partial charge in [-0.25, -0.2) is 4.98 Å². The minimum Gasteiger partial charge on any atom is -0.391 e. The van der Waals surface area contributed by atoms with E-state index in [1.54, 1.807) is 16.2 Å². The van der Waals surface area contributed by atoms with Crippen LogP contribution in [0.3, 0.4) is 0 Å². The number of halogens is 1. The van der Waals surface area contributed by atoms with Gasteiger partial charge in [-0.05, 0) is 66.7 Å². The van der Waals surface area contributed by atoms with Crippen molar-refractivity contribution in [2.75, 3.05) is 24.7 Å². The van der Waals surface area contributed by atoms with E-state index in [2.05, 4.69) is 20.9 Å². The number of aromatic nitrogens is 1. The van der Waals surface area contributed by atoms with E-state index in [4.69, 9.17) is 16.2 Å². The van der Waals surface area contributed by atoms with Gasteiger partial charge < -0.3 is 42.2 Å². The van der Waals surface area contributed by atoms with Gasteiger partial charge in [-0.2, -0.15) is 0 Å². The number of thiazole rings is 1. The molecule has 3 aromatic rings. The van der Waals surface area contributed by atoms with Gasteiger partial charge in [0, 0.05) is 45.4 Å². The molecule has 2 aromatic carbocycles. The first kappa shape index (κ1) is 53.0. The third-order valence-electron chi connectivity index (χ3n) is 12.8. The summed E-state index contributed by atoms with van der Waals surface area (Å²) >= 11 is 1.57. The highest BCUT2D eigenvalue weighted by molar-refractivity contribution is 7.13. The number of para-hydroxylation sites is 1. The molecule has 366 valence electrons. The molecule has 0 unspecified atom stereocenters. The number of unbranched alkanes of at least 4 members (excludes halogenated alkanes) is 5. The number of aryl methyl sites for hydroxylation is 2. The molecule has 1 aromatic heterocycles. The maximum Gasteiger partial charge on any atom is 0.246 e. The number of primary amides is 1. The quantitative estimate of drug-likeness (QED) is 0.0778. The third-order valence-corrected chi connectivity index (χ3v) is 13.8. The van der Waals surface area contributed by atoms with Gasteiger partial charge in [0.15, 0.2) is 0 Å². The van der Waals surface area contributed by atoms with Gasteiger partial charge >= 0.3 is 0 Å². The van der Waals surface area contributed by atoms with Gasteiger partial charge in [0.05, 0.1) is 46.6 Å². The number of likely N-dealkylation sites (tertiary alicyclic amines) is 1. The van der Waals surface area contributed by atoms with Gasteiger partial charge in [-0.3, -0.25) is 33.7 Å². The molecular weight excluding hydrogens is 896 g/mol. The predicted octanol–water partition coefficient (Wildman–Crippen LogP) is 4.38. The summed E-state index contributed by atoms with van der Waals surface area (Å²) in [5, 5.41) is 19.5. The van der Waals surface area contributed by atoms with Crippen LogP contribution in [0.4, 0.5) is 5.69 Å². The van der Waals surface area contributed by atoms with Crippen LogP contribution in [-0.4, -0.2) is 107 Å². The lowest BCUT2D eigenvalue weighted by atomic mass is 9.85. The van der Waals surface area contributed by atoms with Crippen molar-refractivity contribution < 1.29 is 38.6 Å². The highest BCUT2D eigenvalue weighted by Gasteiger charge is 2.45. The first-order valence-electron chi connectivity index (χ1n) is 23.4. The lowest BCUT2D eigenvalue weighted by Crippen LogP contribution is -2.57. The van der Waals surface area contributed by atoms with Gasteiger partial charge in [0.1, 0.15) is 18.1 Å². The second kappa shape index (κ2) is 24.4. The minimum atomic E-state index is -0.887. The largest absolute Gasteiger partial charge is 0.391 e. The Hall–Kier alpha value is -4.94. The molecule has 0 spiro atoms. The first-order chi connectivity index (χ1) is 31.5. The molecule has 1 fully saturated rings. The molecule has 18 heteroatoms. The van der Waals surface area contributed by atoms with Crippen molar-refractivity contribution in [3.8, 4) is 10.4 Å². The van der Waals surface area contributed by atoms with Crippen molar-refractivity contribution in [2.45, 2.75) is 154 Å². The van der Waals surface area contributed by atoms with Crippen LogP contribution in [-0.2, 0) is 52.9 Å². The molecule has 0 bridgehead atoms. The number of nitrogens with one attached hydrogen (secondary N) is 3. The maximum absolute atomic E-state index is 14.0. The predicted molar refractivity (Wildman–Crippen MR) is 260 cm³/mol. The molecule has 0 saturated carbocycles. The number of rotatable bonds is 22. The van der Waals surface area contributed by atoms with Crippen molar-refractivity contribution in [1.82, 2.24) is 25.8 Å². The number of ether oxygens (including phenoxy) is 1. The average molecular weight is 966 g/mol. The zero-order chi connectivity index (χ0) is 47.5. The number of benzene rings is 2. The molecular formula is C49H69ClN8O8S. The molecule has 8 N–H and O–H groups in total. The molecule has 6 atom stereocenters. The molecule has 0 aliphatic carbocycles. The standard InChI is InChI=1S/C49H68N8O8S.ClH/c1-30-43(66-29-53-30)33-17-15-31(16-18-33)26-52-45(61)38-25-36(58)27-56(38)48(64)44(49(2,3)4)55-41(60)14-9-7-5-6-8-10-23-65-28-35(20-22-40(51)59)54-46(62)39-24-34-13-11-12-32-19-21-37(50)47(63)57(39)42(32)34;/h11-13,15-18,29,35-39,44,58H,5-10,14,19-28,50H2,1-4H3,(H2,51,59)(H,52,61)(H,54,62)(H,55,60);1H/t35-,36+,37-,38-,39-,44+;/m0./s1. The average Bonchev–Trinajstić information content (AvgIpc) is 4.00. The summed E-state index contributed by atoms with van der Waals surface area (Å²) in [6.07, 6.45) is 6.48. The van der Waals surface area contributed by atoms with Crippen LogP contribution >= 0.6 is 23.7 Å². The molecule has 0 radical (unpaired) electrons.